The summed E-state index contributed by atoms with van der Waals surface area (Å²) in [5.74, 6) is 1.18. The fourth-order valence-electron chi connectivity index (χ4n) is 0.406. The molecule has 0 fully saturated rings. The van der Waals surface area contributed by atoms with Crippen molar-refractivity contribution in [2.24, 2.45) is 5.73 Å². The van der Waals surface area contributed by atoms with Crippen molar-refractivity contribution in [2.45, 2.75) is 12.5 Å². The van der Waals surface area contributed by atoms with Crippen molar-refractivity contribution in [1.82, 2.24) is 0 Å². The van der Waals surface area contributed by atoms with Crippen LogP contribution in [0, 0.1) is 0 Å². The molecule has 0 aromatic heterocycles. The minimum absolute atomic E-state index is 0.459. The Morgan fingerprint density at radius 2 is 2.71 bits per heavy atom. The van der Waals surface area contributed by atoms with Crippen LogP contribution < -0.4 is 5.73 Å². The molecule has 1 aliphatic rings. The molecule has 1 atom stereocenters. The molecule has 1 unspecified atom stereocenters. The van der Waals surface area contributed by atoms with E-state index in [0.717, 1.165) is 19.8 Å². The molecule has 3 heteroatoms. The Hall–Kier alpha value is 0.699. The molecule has 0 saturated carbocycles. The second kappa shape index (κ2) is 2.88. The average Bonchev–Trinajstić information content (AvgIpc) is 1.69. The van der Waals surface area contributed by atoms with Crippen molar-refractivity contribution >= 4 is 28.5 Å². The van der Waals surface area contributed by atoms with E-state index in [2.05, 4.69) is 4.92 Å². The van der Waals surface area contributed by atoms with Gasteiger partial charge in [0.2, 0.25) is 0 Å². The molecule has 2 N–H and O–H groups in total. The summed E-state index contributed by atoms with van der Waals surface area (Å²) in [7, 11) is 1.98. The summed E-state index contributed by atoms with van der Waals surface area (Å²) in [5, 5.41) is 0. The Balaban J connectivity index is 2.32. The molecule has 0 aromatic rings. The van der Waals surface area contributed by atoms with Crippen LogP contribution in [0.2, 0.25) is 0 Å². The van der Waals surface area contributed by atoms with E-state index < -0.39 is 0 Å². The molecule has 1 nitrogen and oxygen atoms in total. The fourth-order valence-corrected chi connectivity index (χ4v) is 4.18. The quantitative estimate of drug-likeness (QED) is 0.527. The van der Waals surface area contributed by atoms with Gasteiger partial charge in [0.05, 0.1) is 0 Å². The third kappa shape index (κ3) is 1.96. The van der Waals surface area contributed by atoms with Crippen molar-refractivity contribution in [3.8, 4) is 0 Å². The van der Waals surface area contributed by atoms with Gasteiger partial charge < -0.3 is 0 Å². The zero-order valence-electron chi connectivity index (χ0n) is 3.96. The summed E-state index contributed by atoms with van der Waals surface area (Å²) in [5.41, 5.74) is 5.59. The van der Waals surface area contributed by atoms with E-state index in [1.165, 1.54) is 5.75 Å². The van der Waals surface area contributed by atoms with Gasteiger partial charge in [-0.15, -0.1) is 0 Å². The van der Waals surface area contributed by atoms with Gasteiger partial charge in [-0.25, -0.2) is 0 Å². The third-order valence-corrected chi connectivity index (χ3v) is 4.63. The van der Waals surface area contributed by atoms with Gasteiger partial charge in [-0.2, -0.15) is 0 Å². The maximum atomic E-state index is 5.59. The summed E-state index contributed by atoms with van der Waals surface area (Å²) < 4.78 is 0. The van der Waals surface area contributed by atoms with Crippen LogP contribution >= 0.6 is 10.2 Å². The molecule has 1 radical (unpaired) electrons. The summed E-state index contributed by atoms with van der Waals surface area (Å²) in [4.78, 5) is 2.31. The molecule has 1 aliphatic heterocycles. The molecule has 1 heterocycles. The molecule has 0 spiro atoms. The van der Waals surface area contributed by atoms with Crippen molar-refractivity contribution in [2.75, 3.05) is 5.75 Å². The van der Waals surface area contributed by atoms with E-state index in [9.17, 15) is 0 Å². The topological polar surface area (TPSA) is 26.0 Å². The van der Waals surface area contributed by atoms with Gasteiger partial charge in [-0.1, -0.05) is 0 Å². The summed E-state index contributed by atoms with van der Waals surface area (Å²) in [6, 6.07) is 0.459. The molecule has 0 aliphatic carbocycles. The number of rotatable bonds is 0. The zero-order chi connectivity index (χ0) is 5.11. The van der Waals surface area contributed by atoms with Crippen molar-refractivity contribution in [1.29, 1.82) is 0 Å². The molecular weight excluding hydrogens is 173 g/mol. The molecule has 0 aromatic carbocycles. The van der Waals surface area contributed by atoms with E-state index >= 15 is 0 Å². The van der Waals surface area contributed by atoms with Gasteiger partial charge >= 0.3 is 52.4 Å². The van der Waals surface area contributed by atoms with E-state index in [1.807, 2.05) is 10.2 Å². The van der Waals surface area contributed by atoms with Gasteiger partial charge in [0.25, 0.3) is 0 Å². The van der Waals surface area contributed by atoms with Crippen LogP contribution in [0.1, 0.15) is 6.42 Å². The maximum absolute atomic E-state index is 5.59. The average molecular weight is 181 g/mol. The Morgan fingerprint density at radius 3 is 3.00 bits per heavy atom. The number of hydrogen-bond acceptors (Lipinski definition) is 2. The second-order valence-corrected chi connectivity index (χ2v) is 5.70. The van der Waals surface area contributed by atoms with E-state index in [4.69, 9.17) is 5.73 Å². The first-order valence-electron chi connectivity index (χ1n) is 2.25. The van der Waals surface area contributed by atoms with Crippen LogP contribution in [0.4, 0.5) is 0 Å². The normalized spacial score (nSPS) is 30.7. The van der Waals surface area contributed by atoms with Gasteiger partial charge in [0.15, 0.2) is 0 Å². The number of hydrogen-bond donors (Lipinski definition) is 1. The zero-order valence-corrected chi connectivity index (χ0v) is 6.49. The Morgan fingerprint density at radius 1 is 1.86 bits per heavy atom. The summed E-state index contributed by atoms with van der Waals surface area (Å²) in [6.07, 6.45) is 1.15. The molecule has 0 bridgehead atoms. The van der Waals surface area contributed by atoms with Gasteiger partial charge in [-0.05, 0) is 0 Å². The van der Waals surface area contributed by atoms with Crippen LogP contribution in [-0.2, 0) is 0 Å². The molecule has 7 heavy (non-hydrogen) atoms. The monoisotopic (exact) mass is 182 g/mol. The van der Waals surface area contributed by atoms with Crippen LogP contribution in [0.25, 0.3) is 0 Å². The SMILES string of the molecule is NC1CC=[Se]SC1. The van der Waals surface area contributed by atoms with E-state index in [-0.39, 0.29) is 0 Å². The van der Waals surface area contributed by atoms with Gasteiger partial charge in [0, 0.05) is 0 Å². The first-order chi connectivity index (χ1) is 3.39. The summed E-state index contributed by atoms with van der Waals surface area (Å²) in [6.45, 7) is 0. The Bertz CT molecular complexity index is 83.8. The van der Waals surface area contributed by atoms with Crippen LogP contribution in [0.3, 0.4) is 0 Å². The van der Waals surface area contributed by atoms with Gasteiger partial charge in [0.1, 0.15) is 0 Å². The van der Waals surface area contributed by atoms with Crippen molar-refractivity contribution < 1.29 is 0 Å². The first kappa shape index (κ1) is 5.83. The van der Waals surface area contributed by atoms with Crippen molar-refractivity contribution in [3.05, 3.63) is 0 Å². The van der Waals surface area contributed by atoms with Crippen molar-refractivity contribution in [3.63, 3.8) is 0 Å². The fraction of sp³-hybridized carbons (Fsp3) is 0.750. The first-order valence-corrected chi connectivity index (χ1v) is 6.25. The van der Waals surface area contributed by atoms with E-state index in [0.29, 0.717) is 6.04 Å². The molecular formula is C4H8NSSe. The molecule has 1 rings (SSSR count). The Labute approximate surface area is 52.8 Å². The van der Waals surface area contributed by atoms with Gasteiger partial charge in [-0.3, -0.25) is 0 Å². The second-order valence-electron chi connectivity index (χ2n) is 1.54. The minimum atomic E-state index is 0.459. The Kier molecular flexibility index (Phi) is 2.39. The number of nitrogens with two attached hydrogens (primary N) is 1. The van der Waals surface area contributed by atoms with Crippen LogP contribution in [-0.4, -0.2) is 30.1 Å². The predicted molar refractivity (Wildman–Crippen MR) is 36.9 cm³/mol. The predicted octanol–water partition coefficient (Wildman–Crippen LogP) is -0.128. The molecule has 0 saturated heterocycles. The molecule has 0 amide bonds. The van der Waals surface area contributed by atoms with Crippen LogP contribution in [0.5, 0.6) is 0 Å². The van der Waals surface area contributed by atoms with Crippen LogP contribution in [0.15, 0.2) is 0 Å². The molecule has 41 valence electrons. The summed E-state index contributed by atoms with van der Waals surface area (Å²) >= 11 is 0.746. The van der Waals surface area contributed by atoms with E-state index in [1.54, 1.807) is 0 Å². The standard InChI is InChI=1S/C4H8NSSe/c5-4-1-2-7-6-3-4/h2,4H,1,3,5H2. The third-order valence-electron chi connectivity index (χ3n) is 0.817.